The molecular formula is C22H29NO2. The summed E-state index contributed by atoms with van der Waals surface area (Å²) in [6, 6.07) is 14.3. The van der Waals surface area contributed by atoms with Crippen molar-refractivity contribution in [1.82, 2.24) is 5.32 Å². The van der Waals surface area contributed by atoms with Crippen LogP contribution in [-0.2, 0) is 11.2 Å². The molecule has 0 heterocycles. The van der Waals surface area contributed by atoms with E-state index in [9.17, 15) is 4.79 Å². The largest absolute Gasteiger partial charge is 0.480 e. The van der Waals surface area contributed by atoms with E-state index in [0.29, 0.717) is 6.42 Å². The van der Waals surface area contributed by atoms with Crippen LogP contribution in [0.5, 0.6) is 5.75 Å². The second-order valence-corrected chi connectivity index (χ2v) is 6.54. The number of carbonyl (C=O) groups excluding carboxylic acids is 1. The summed E-state index contributed by atoms with van der Waals surface area (Å²) in [6.45, 7) is 10.2. The molecule has 0 radical (unpaired) electrons. The van der Waals surface area contributed by atoms with Gasteiger partial charge in [0.1, 0.15) is 5.75 Å². The Labute approximate surface area is 151 Å². The van der Waals surface area contributed by atoms with E-state index in [4.69, 9.17) is 4.74 Å². The van der Waals surface area contributed by atoms with Gasteiger partial charge in [-0.05, 0) is 61.9 Å². The first kappa shape index (κ1) is 19.0. The molecule has 0 saturated heterocycles. The Morgan fingerprint density at radius 1 is 1.08 bits per heavy atom. The summed E-state index contributed by atoms with van der Waals surface area (Å²) in [5.74, 6) is 0.706. The highest BCUT2D eigenvalue weighted by Gasteiger charge is 2.21. The third-order valence-corrected chi connectivity index (χ3v) is 4.73. The molecule has 0 bridgehead atoms. The summed E-state index contributed by atoms with van der Waals surface area (Å²) in [6.07, 6.45) is 1.15. The van der Waals surface area contributed by atoms with E-state index in [-0.39, 0.29) is 11.9 Å². The Morgan fingerprint density at radius 3 is 2.36 bits per heavy atom. The lowest BCUT2D eigenvalue weighted by Gasteiger charge is -2.22. The normalized spacial score (nSPS) is 13.2. The smallest absolute Gasteiger partial charge is 0.261 e. The number of ether oxygens (including phenoxy) is 1. The Balaban J connectivity index is 2.04. The first-order valence-electron chi connectivity index (χ1n) is 9.08. The predicted molar refractivity (Wildman–Crippen MR) is 103 cm³/mol. The summed E-state index contributed by atoms with van der Waals surface area (Å²) < 4.78 is 6.00. The highest BCUT2D eigenvalue weighted by Crippen LogP contribution is 2.23. The molecule has 25 heavy (non-hydrogen) atoms. The molecule has 2 aromatic carbocycles. The van der Waals surface area contributed by atoms with Gasteiger partial charge < -0.3 is 10.1 Å². The topological polar surface area (TPSA) is 38.3 Å². The van der Waals surface area contributed by atoms with Crippen LogP contribution in [-0.4, -0.2) is 12.0 Å². The molecule has 0 aliphatic heterocycles. The van der Waals surface area contributed by atoms with Gasteiger partial charge >= 0.3 is 0 Å². The lowest BCUT2D eigenvalue weighted by molar-refractivity contribution is -0.128. The van der Waals surface area contributed by atoms with Gasteiger partial charge in [-0.1, -0.05) is 50.2 Å². The monoisotopic (exact) mass is 339 g/mol. The summed E-state index contributed by atoms with van der Waals surface area (Å²) in [5.41, 5.74) is 4.65. The standard InChI is InChI=1S/C22H29NO2/c1-6-18-11-13-19(14-12-18)17(5)23-22(24)20(7-2)25-21-10-8-9-15(3)16(21)4/h8-14,17,20H,6-7H2,1-5H3,(H,23,24). The van der Waals surface area contributed by atoms with E-state index in [2.05, 4.69) is 36.5 Å². The summed E-state index contributed by atoms with van der Waals surface area (Å²) >= 11 is 0. The molecule has 0 fully saturated rings. The van der Waals surface area contributed by atoms with Crippen molar-refractivity contribution in [3.63, 3.8) is 0 Å². The fraction of sp³-hybridized carbons (Fsp3) is 0.409. The molecule has 1 N–H and O–H groups in total. The van der Waals surface area contributed by atoms with Gasteiger partial charge in [-0.3, -0.25) is 4.79 Å². The van der Waals surface area contributed by atoms with Crippen molar-refractivity contribution in [2.75, 3.05) is 0 Å². The van der Waals surface area contributed by atoms with Crippen LogP contribution in [0.3, 0.4) is 0 Å². The fourth-order valence-electron chi connectivity index (χ4n) is 2.76. The van der Waals surface area contributed by atoms with Crippen molar-refractivity contribution in [1.29, 1.82) is 0 Å². The van der Waals surface area contributed by atoms with E-state index in [1.54, 1.807) is 0 Å². The average molecular weight is 339 g/mol. The lowest BCUT2D eigenvalue weighted by Crippen LogP contribution is -2.39. The molecule has 0 aromatic heterocycles. The van der Waals surface area contributed by atoms with E-state index >= 15 is 0 Å². The maximum atomic E-state index is 12.6. The van der Waals surface area contributed by atoms with E-state index in [1.165, 1.54) is 5.56 Å². The minimum Gasteiger partial charge on any atom is -0.480 e. The van der Waals surface area contributed by atoms with Crippen molar-refractivity contribution in [3.05, 3.63) is 64.7 Å². The first-order valence-corrected chi connectivity index (χ1v) is 9.08. The molecule has 0 saturated carbocycles. The van der Waals surface area contributed by atoms with Gasteiger partial charge in [0.25, 0.3) is 5.91 Å². The van der Waals surface area contributed by atoms with E-state index in [1.807, 2.05) is 45.9 Å². The molecule has 0 aliphatic carbocycles. The SMILES string of the molecule is CCc1ccc(C(C)NC(=O)C(CC)Oc2cccc(C)c2C)cc1. The minimum absolute atomic E-state index is 0.0466. The summed E-state index contributed by atoms with van der Waals surface area (Å²) in [4.78, 5) is 12.6. The quantitative estimate of drug-likeness (QED) is 0.779. The van der Waals surface area contributed by atoms with Crippen LogP contribution < -0.4 is 10.1 Å². The van der Waals surface area contributed by atoms with Crippen LogP contribution >= 0.6 is 0 Å². The van der Waals surface area contributed by atoms with Crippen molar-refractivity contribution < 1.29 is 9.53 Å². The number of benzene rings is 2. The number of nitrogens with one attached hydrogen (secondary N) is 1. The van der Waals surface area contributed by atoms with Gasteiger partial charge in [0, 0.05) is 0 Å². The Hall–Kier alpha value is -2.29. The molecule has 3 nitrogen and oxygen atoms in total. The molecule has 2 unspecified atom stereocenters. The van der Waals surface area contributed by atoms with Gasteiger partial charge in [-0.2, -0.15) is 0 Å². The Morgan fingerprint density at radius 2 is 1.76 bits per heavy atom. The van der Waals surface area contributed by atoms with Crippen LogP contribution in [0.4, 0.5) is 0 Å². The van der Waals surface area contributed by atoms with E-state index < -0.39 is 6.10 Å². The zero-order chi connectivity index (χ0) is 18.4. The Bertz CT molecular complexity index is 706. The van der Waals surface area contributed by atoms with Gasteiger partial charge in [0.15, 0.2) is 6.10 Å². The molecule has 1 amide bonds. The van der Waals surface area contributed by atoms with Gasteiger partial charge in [-0.15, -0.1) is 0 Å². The lowest BCUT2D eigenvalue weighted by atomic mass is 10.0. The van der Waals surface area contributed by atoms with Crippen molar-refractivity contribution in [2.24, 2.45) is 0 Å². The Kier molecular flexibility index (Phi) is 6.63. The number of hydrogen-bond acceptors (Lipinski definition) is 2. The third kappa shape index (κ3) is 4.85. The van der Waals surface area contributed by atoms with Crippen LogP contribution in [0.25, 0.3) is 0 Å². The fourth-order valence-corrected chi connectivity index (χ4v) is 2.76. The number of hydrogen-bond donors (Lipinski definition) is 1. The van der Waals surface area contributed by atoms with Gasteiger partial charge in [-0.25, -0.2) is 0 Å². The van der Waals surface area contributed by atoms with Crippen molar-refractivity contribution in [2.45, 2.75) is 59.6 Å². The van der Waals surface area contributed by atoms with Crippen LogP contribution in [0.2, 0.25) is 0 Å². The van der Waals surface area contributed by atoms with Crippen LogP contribution in [0.1, 0.15) is 55.5 Å². The van der Waals surface area contributed by atoms with Crippen molar-refractivity contribution >= 4 is 5.91 Å². The maximum Gasteiger partial charge on any atom is 0.261 e. The number of carbonyl (C=O) groups is 1. The first-order chi connectivity index (χ1) is 12.0. The number of rotatable bonds is 7. The van der Waals surface area contributed by atoms with Gasteiger partial charge in [0.05, 0.1) is 6.04 Å². The highest BCUT2D eigenvalue weighted by molar-refractivity contribution is 5.81. The minimum atomic E-state index is -0.488. The molecule has 0 spiro atoms. The molecule has 0 aliphatic rings. The number of amides is 1. The van der Waals surface area contributed by atoms with E-state index in [0.717, 1.165) is 28.9 Å². The number of aryl methyl sites for hydroxylation is 2. The molecular weight excluding hydrogens is 310 g/mol. The predicted octanol–water partition coefficient (Wildman–Crippen LogP) is 4.90. The zero-order valence-electron chi connectivity index (χ0n) is 15.9. The molecule has 2 atom stereocenters. The third-order valence-electron chi connectivity index (χ3n) is 4.73. The summed E-state index contributed by atoms with van der Waals surface area (Å²) in [5, 5.41) is 3.08. The molecule has 3 heteroatoms. The van der Waals surface area contributed by atoms with Crippen LogP contribution in [0.15, 0.2) is 42.5 Å². The zero-order valence-corrected chi connectivity index (χ0v) is 15.9. The molecule has 2 rings (SSSR count). The second kappa shape index (κ2) is 8.70. The summed E-state index contributed by atoms with van der Waals surface area (Å²) in [7, 11) is 0. The van der Waals surface area contributed by atoms with Crippen molar-refractivity contribution in [3.8, 4) is 5.75 Å². The molecule has 2 aromatic rings. The second-order valence-electron chi connectivity index (χ2n) is 6.54. The maximum absolute atomic E-state index is 12.6. The highest BCUT2D eigenvalue weighted by atomic mass is 16.5. The average Bonchev–Trinajstić information content (AvgIpc) is 2.62. The van der Waals surface area contributed by atoms with Crippen LogP contribution in [0, 0.1) is 13.8 Å². The molecule has 134 valence electrons. The van der Waals surface area contributed by atoms with Gasteiger partial charge in [0.2, 0.25) is 0 Å².